The molecule has 1 aliphatic heterocycles. The van der Waals surface area contributed by atoms with E-state index >= 15 is 0 Å². The van der Waals surface area contributed by atoms with Crippen LogP contribution in [0.1, 0.15) is 29.2 Å². The summed E-state index contributed by atoms with van der Waals surface area (Å²) in [7, 11) is 0. The lowest BCUT2D eigenvalue weighted by Gasteiger charge is -2.33. The molecule has 1 N–H and O–H groups in total. The number of aromatic amines is 1. The molecule has 0 saturated carbocycles. The number of likely N-dealkylation sites (tertiary alicyclic amines) is 1. The summed E-state index contributed by atoms with van der Waals surface area (Å²) in [6.45, 7) is 1.24. The predicted octanol–water partition coefficient (Wildman–Crippen LogP) is 2.11. The van der Waals surface area contributed by atoms with E-state index in [1.165, 1.54) is 0 Å². The molecule has 0 radical (unpaired) electrons. The van der Waals surface area contributed by atoms with Crippen LogP contribution in [0.4, 0.5) is 0 Å². The lowest BCUT2D eigenvalue weighted by Crippen LogP contribution is -2.42. The number of aromatic nitrogens is 4. The molecule has 7 heteroatoms. The van der Waals surface area contributed by atoms with Gasteiger partial charge in [-0.25, -0.2) is 4.98 Å². The number of carbonyl (C=O) groups excluding carboxylic acids is 1. The number of H-pyrrole nitrogens is 1. The van der Waals surface area contributed by atoms with Crippen molar-refractivity contribution in [1.82, 2.24) is 24.4 Å². The summed E-state index contributed by atoms with van der Waals surface area (Å²) in [5, 5.41) is 0. The topological polar surface area (TPSA) is 83.9 Å². The number of hydrogen-bond acceptors (Lipinski definition) is 4. The first-order valence-corrected chi connectivity index (χ1v) is 8.64. The summed E-state index contributed by atoms with van der Waals surface area (Å²) in [6.07, 6.45) is 8.98. The highest BCUT2D eigenvalue weighted by Crippen LogP contribution is 2.22. The van der Waals surface area contributed by atoms with Gasteiger partial charge in [0.25, 0.3) is 11.5 Å². The SMILES string of the molecule is O=C(c1ccc(-c2ccccn2)[nH]c1=O)N1CCCC(n2ccnc2)C1. The molecule has 0 aliphatic carbocycles. The highest BCUT2D eigenvalue weighted by molar-refractivity contribution is 5.94. The number of carbonyl (C=O) groups is 1. The van der Waals surface area contributed by atoms with E-state index in [1.54, 1.807) is 35.8 Å². The second kappa shape index (κ2) is 6.95. The Morgan fingerprint density at radius 3 is 2.85 bits per heavy atom. The summed E-state index contributed by atoms with van der Waals surface area (Å²) in [4.78, 5) is 38.1. The predicted molar refractivity (Wildman–Crippen MR) is 96.7 cm³/mol. The van der Waals surface area contributed by atoms with Gasteiger partial charge >= 0.3 is 0 Å². The smallest absolute Gasteiger partial charge is 0.261 e. The molecule has 132 valence electrons. The third-order valence-electron chi connectivity index (χ3n) is 4.71. The molecule has 3 aromatic heterocycles. The molecule has 0 bridgehead atoms. The van der Waals surface area contributed by atoms with Crippen LogP contribution in [-0.2, 0) is 0 Å². The van der Waals surface area contributed by atoms with Crippen LogP contribution in [0.5, 0.6) is 0 Å². The van der Waals surface area contributed by atoms with Crippen molar-refractivity contribution >= 4 is 5.91 Å². The lowest BCUT2D eigenvalue weighted by molar-refractivity contribution is 0.0677. The van der Waals surface area contributed by atoms with Gasteiger partial charge in [0.05, 0.1) is 23.8 Å². The van der Waals surface area contributed by atoms with Gasteiger partial charge in [-0.05, 0) is 37.1 Å². The zero-order valence-electron chi connectivity index (χ0n) is 14.2. The van der Waals surface area contributed by atoms with Crippen LogP contribution in [-0.4, -0.2) is 43.4 Å². The maximum absolute atomic E-state index is 12.8. The standard InChI is InChI=1S/C19H19N5O2/c25-18-15(6-7-17(22-18)16-5-1-2-8-21-16)19(26)23-10-3-4-14(12-23)24-11-9-20-13-24/h1-2,5-9,11,13-14H,3-4,10,12H2,(H,22,25). The quantitative estimate of drug-likeness (QED) is 0.785. The van der Waals surface area contributed by atoms with E-state index in [0.29, 0.717) is 24.5 Å². The van der Waals surface area contributed by atoms with Gasteiger partial charge in [0.1, 0.15) is 5.56 Å². The van der Waals surface area contributed by atoms with Crippen molar-refractivity contribution in [2.75, 3.05) is 13.1 Å². The molecule has 4 heterocycles. The number of rotatable bonds is 3. The number of hydrogen-bond donors (Lipinski definition) is 1. The van der Waals surface area contributed by atoms with Crippen molar-refractivity contribution in [2.45, 2.75) is 18.9 Å². The molecular formula is C19H19N5O2. The van der Waals surface area contributed by atoms with Crippen molar-refractivity contribution in [2.24, 2.45) is 0 Å². The Balaban J connectivity index is 1.55. The molecule has 1 saturated heterocycles. The number of nitrogens with one attached hydrogen (secondary N) is 1. The van der Waals surface area contributed by atoms with Crippen molar-refractivity contribution in [3.05, 3.63) is 71.2 Å². The largest absolute Gasteiger partial charge is 0.336 e. The van der Waals surface area contributed by atoms with Gasteiger partial charge < -0.3 is 14.5 Å². The Labute approximate surface area is 150 Å². The first kappa shape index (κ1) is 16.3. The van der Waals surface area contributed by atoms with E-state index in [1.807, 2.05) is 29.0 Å². The first-order chi connectivity index (χ1) is 12.7. The Kier molecular flexibility index (Phi) is 4.35. The Hall–Kier alpha value is -3.22. The highest BCUT2D eigenvalue weighted by atomic mass is 16.2. The van der Waals surface area contributed by atoms with Crippen LogP contribution >= 0.6 is 0 Å². The first-order valence-electron chi connectivity index (χ1n) is 8.64. The van der Waals surface area contributed by atoms with E-state index < -0.39 is 0 Å². The minimum Gasteiger partial charge on any atom is -0.336 e. The van der Waals surface area contributed by atoms with Gasteiger partial charge in [0, 0.05) is 31.7 Å². The fourth-order valence-corrected chi connectivity index (χ4v) is 3.35. The van der Waals surface area contributed by atoms with Crippen molar-refractivity contribution < 1.29 is 4.79 Å². The van der Waals surface area contributed by atoms with E-state index in [2.05, 4.69) is 15.0 Å². The van der Waals surface area contributed by atoms with Crippen molar-refractivity contribution in [1.29, 1.82) is 0 Å². The van der Waals surface area contributed by atoms with Gasteiger partial charge in [-0.1, -0.05) is 6.07 Å². The Morgan fingerprint density at radius 2 is 2.12 bits per heavy atom. The van der Waals surface area contributed by atoms with Crippen LogP contribution in [0, 0.1) is 0 Å². The molecule has 26 heavy (non-hydrogen) atoms. The van der Waals surface area contributed by atoms with Crippen LogP contribution in [0.3, 0.4) is 0 Å². The third kappa shape index (κ3) is 3.15. The maximum atomic E-state index is 12.8. The summed E-state index contributed by atoms with van der Waals surface area (Å²) >= 11 is 0. The number of nitrogens with zero attached hydrogens (tertiary/aromatic N) is 4. The van der Waals surface area contributed by atoms with Gasteiger partial charge in [-0.3, -0.25) is 14.6 Å². The maximum Gasteiger partial charge on any atom is 0.261 e. The number of piperidine rings is 1. The molecule has 4 rings (SSSR count). The minimum absolute atomic E-state index is 0.163. The fraction of sp³-hybridized carbons (Fsp3) is 0.263. The molecule has 3 aromatic rings. The number of pyridine rings is 2. The molecule has 7 nitrogen and oxygen atoms in total. The molecule has 0 aromatic carbocycles. The lowest BCUT2D eigenvalue weighted by atomic mass is 10.0. The molecule has 0 spiro atoms. The van der Waals surface area contributed by atoms with Crippen LogP contribution in [0.2, 0.25) is 0 Å². The van der Waals surface area contributed by atoms with Gasteiger partial charge in [0.15, 0.2) is 0 Å². The monoisotopic (exact) mass is 349 g/mol. The fourth-order valence-electron chi connectivity index (χ4n) is 3.35. The second-order valence-corrected chi connectivity index (χ2v) is 6.39. The summed E-state index contributed by atoms with van der Waals surface area (Å²) < 4.78 is 2.02. The number of amides is 1. The van der Waals surface area contributed by atoms with Crippen LogP contribution in [0.15, 0.2) is 60.0 Å². The summed E-state index contributed by atoms with van der Waals surface area (Å²) in [6, 6.07) is 8.99. The van der Waals surface area contributed by atoms with Gasteiger partial charge in [-0.15, -0.1) is 0 Å². The average molecular weight is 349 g/mol. The molecule has 1 unspecified atom stereocenters. The summed E-state index contributed by atoms with van der Waals surface area (Å²) in [5.41, 5.74) is 1.04. The summed E-state index contributed by atoms with van der Waals surface area (Å²) in [5.74, 6) is -0.233. The van der Waals surface area contributed by atoms with Crippen LogP contribution < -0.4 is 5.56 Å². The molecule has 1 fully saturated rings. The van der Waals surface area contributed by atoms with Gasteiger partial charge in [0.2, 0.25) is 0 Å². The van der Waals surface area contributed by atoms with Gasteiger partial charge in [-0.2, -0.15) is 0 Å². The molecule has 1 amide bonds. The van der Waals surface area contributed by atoms with E-state index in [4.69, 9.17) is 0 Å². The zero-order chi connectivity index (χ0) is 17.9. The molecule has 1 atom stereocenters. The third-order valence-corrected chi connectivity index (χ3v) is 4.71. The highest BCUT2D eigenvalue weighted by Gasteiger charge is 2.26. The zero-order valence-corrected chi connectivity index (χ0v) is 14.2. The van der Waals surface area contributed by atoms with E-state index in [-0.39, 0.29) is 23.1 Å². The molecular weight excluding hydrogens is 330 g/mol. The van der Waals surface area contributed by atoms with Crippen molar-refractivity contribution in [3.63, 3.8) is 0 Å². The van der Waals surface area contributed by atoms with Crippen LogP contribution in [0.25, 0.3) is 11.4 Å². The molecule has 1 aliphatic rings. The Morgan fingerprint density at radius 1 is 1.19 bits per heavy atom. The normalized spacial score (nSPS) is 17.2. The number of imidazole rings is 1. The van der Waals surface area contributed by atoms with E-state index in [9.17, 15) is 9.59 Å². The van der Waals surface area contributed by atoms with Crippen molar-refractivity contribution in [3.8, 4) is 11.4 Å². The second-order valence-electron chi connectivity index (χ2n) is 6.39. The average Bonchev–Trinajstić information content (AvgIpc) is 3.23. The minimum atomic E-state index is -0.386. The Bertz CT molecular complexity index is 950. The van der Waals surface area contributed by atoms with E-state index in [0.717, 1.165) is 12.8 Å².